The lowest BCUT2D eigenvalue weighted by molar-refractivity contribution is 0.777. The van der Waals surface area contributed by atoms with Crippen molar-refractivity contribution in [2.75, 3.05) is 0 Å². The van der Waals surface area contributed by atoms with Gasteiger partial charge >= 0.3 is 7.12 Å². The molecule has 0 bridgehead atoms. The number of hydrogen-bond donors (Lipinski definition) is 0. The van der Waals surface area contributed by atoms with Crippen LogP contribution in [-0.4, -0.2) is 36.2 Å². The average molecular weight is 516 g/mol. The van der Waals surface area contributed by atoms with Crippen LogP contribution in [0.5, 0.6) is 0 Å². The van der Waals surface area contributed by atoms with E-state index in [4.69, 9.17) is 10.2 Å². The summed E-state index contributed by atoms with van der Waals surface area (Å²) in [5.74, 6) is 0. The molecule has 0 amide bonds. The van der Waals surface area contributed by atoms with Crippen molar-refractivity contribution in [3.05, 3.63) is 126 Å². The molecule has 3 heterocycles. The second-order valence-corrected chi connectivity index (χ2v) is 9.13. The van der Waals surface area contributed by atoms with Gasteiger partial charge in [-0.3, -0.25) is 0 Å². The second kappa shape index (κ2) is 10.3. The van der Waals surface area contributed by atoms with Crippen LogP contribution in [0, 0.1) is 34.0 Å². The minimum Gasteiger partial charge on any atom is -0.401 e. The predicted molar refractivity (Wildman–Crippen MR) is 150 cm³/mol. The number of nitrogens with zero attached hydrogens (tertiary/aromatic N) is 9. The minimum absolute atomic E-state index is 0.383. The molecule has 188 valence electrons. The molecule has 6 aromatic rings. The normalized spacial score (nSPS) is 10.7. The van der Waals surface area contributed by atoms with Gasteiger partial charge in [-0.05, 0) is 5.56 Å². The van der Waals surface area contributed by atoms with Crippen LogP contribution in [0.25, 0.3) is 33.8 Å². The first-order valence-corrected chi connectivity index (χ1v) is 12.5. The van der Waals surface area contributed by atoms with Crippen LogP contribution in [0.2, 0.25) is 0 Å². The maximum atomic E-state index is 10.0. The predicted octanol–water partition coefficient (Wildman–Crippen LogP) is 4.55. The third-order valence-electron chi connectivity index (χ3n) is 6.71. The van der Waals surface area contributed by atoms with Crippen molar-refractivity contribution in [2.24, 2.45) is 0 Å². The highest BCUT2D eigenvalue weighted by Crippen LogP contribution is 2.27. The third kappa shape index (κ3) is 4.20. The minimum atomic E-state index is -2.06. The molecular weight excluding hydrogens is 497 g/mol. The van der Waals surface area contributed by atoms with Crippen molar-refractivity contribution in [2.45, 2.75) is 0 Å². The Bertz CT molecular complexity index is 1840. The Kier molecular flexibility index (Phi) is 6.22. The van der Waals surface area contributed by atoms with E-state index in [1.165, 1.54) is 6.20 Å². The van der Waals surface area contributed by atoms with Crippen LogP contribution in [0.4, 0.5) is 0 Å². The summed E-state index contributed by atoms with van der Waals surface area (Å²) in [5, 5.41) is 44.3. The van der Waals surface area contributed by atoms with Gasteiger partial charge in [0.15, 0.2) is 0 Å². The molecule has 6 rings (SSSR count). The number of benzene rings is 3. The fourth-order valence-corrected chi connectivity index (χ4v) is 4.92. The van der Waals surface area contributed by atoms with Gasteiger partial charge in [0, 0.05) is 29.2 Å². The molecule has 9 nitrogen and oxygen atoms in total. The summed E-state index contributed by atoms with van der Waals surface area (Å²) in [6, 6.07) is 35.2. The van der Waals surface area contributed by atoms with E-state index in [0.717, 1.165) is 16.7 Å². The molecule has 0 radical (unpaired) electrons. The summed E-state index contributed by atoms with van der Waals surface area (Å²) >= 11 is 0. The summed E-state index contributed by atoms with van der Waals surface area (Å²) in [7, 11) is -2.06. The summed E-state index contributed by atoms with van der Waals surface area (Å²) in [4.78, 5) is 0. The van der Waals surface area contributed by atoms with Crippen molar-refractivity contribution >= 4 is 7.12 Å². The van der Waals surface area contributed by atoms with Crippen LogP contribution in [0.1, 0.15) is 16.7 Å². The average Bonchev–Trinajstić information content (AvgIpc) is 3.76. The molecule has 0 fully saturated rings. The van der Waals surface area contributed by atoms with E-state index in [1.807, 2.05) is 91.0 Å². The zero-order chi connectivity index (χ0) is 27.5. The molecule has 3 aromatic carbocycles. The topological polar surface area (TPSA) is 125 Å². The van der Waals surface area contributed by atoms with Gasteiger partial charge in [0.25, 0.3) is 0 Å². The highest BCUT2D eigenvalue weighted by molar-refractivity contribution is 6.53. The highest BCUT2D eigenvalue weighted by Gasteiger charge is 2.24. The first-order valence-electron chi connectivity index (χ1n) is 12.5. The van der Waals surface area contributed by atoms with Gasteiger partial charge in [-0.25, -0.2) is 15.3 Å². The van der Waals surface area contributed by atoms with E-state index in [0.29, 0.717) is 33.8 Å². The van der Waals surface area contributed by atoms with Crippen molar-refractivity contribution in [3.8, 4) is 52.0 Å². The van der Waals surface area contributed by atoms with Crippen LogP contribution in [0.15, 0.2) is 110 Å². The number of aromatic nitrogens is 6. The number of rotatable bonds is 6. The molecule has 0 atom stereocenters. The van der Waals surface area contributed by atoms with Gasteiger partial charge in [-0.1, -0.05) is 91.0 Å². The van der Waals surface area contributed by atoms with Crippen LogP contribution in [0.3, 0.4) is 0 Å². The Labute approximate surface area is 230 Å². The standard InChI is InChI=1S/C30H19BN9/c32-16-25-19-35-40(30(25)24-14-8-3-9-15-24)31(38-20-26(17-33)28(36-38)22-10-4-1-5-11-22)39-21-27(18-34)29(37-39)23-12-6-2-7-13-23/h1-15,19-21,31H/q-1. The van der Waals surface area contributed by atoms with E-state index in [2.05, 4.69) is 23.3 Å². The second-order valence-electron chi connectivity index (χ2n) is 9.13. The van der Waals surface area contributed by atoms with Gasteiger partial charge < -0.3 is 13.8 Å². The molecule has 40 heavy (non-hydrogen) atoms. The van der Waals surface area contributed by atoms with Crippen LogP contribution >= 0.6 is 0 Å². The molecule has 0 saturated carbocycles. The van der Waals surface area contributed by atoms with E-state index in [9.17, 15) is 15.8 Å². The molecule has 0 spiro atoms. The van der Waals surface area contributed by atoms with Crippen molar-refractivity contribution in [1.82, 2.24) is 29.1 Å². The Hall–Kier alpha value is -6.18. The first kappa shape index (κ1) is 24.2. The summed E-state index contributed by atoms with van der Waals surface area (Å²) < 4.78 is 5.06. The molecular formula is C30H19BN9-. The fourth-order valence-electron chi connectivity index (χ4n) is 4.92. The Morgan fingerprint density at radius 2 is 0.975 bits per heavy atom. The number of hydrogen-bond acceptors (Lipinski definition) is 6. The maximum absolute atomic E-state index is 10.0. The smallest absolute Gasteiger partial charge is 0.326 e. The Morgan fingerprint density at radius 1 is 0.550 bits per heavy atom. The van der Waals surface area contributed by atoms with Crippen molar-refractivity contribution < 1.29 is 0 Å². The van der Waals surface area contributed by atoms with E-state index in [1.54, 1.807) is 26.2 Å². The lowest BCUT2D eigenvalue weighted by Crippen LogP contribution is -2.43. The molecule has 0 aliphatic carbocycles. The molecule has 0 aliphatic rings. The van der Waals surface area contributed by atoms with Gasteiger partial charge in [-0.2, -0.15) is 15.8 Å². The molecule has 3 aromatic heterocycles. The monoisotopic (exact) mass is 516 g/mol. The van der Waals surface area contributed by atoms with Gasteiger partial charge in [0.1, 0.15) is 29.6 Å². The SMILES string of the molecule is N#Cc1cn([BH-](n2cc(C#N)c(-c3ccccc3)n2)n2ncc(C#N)c2-c2ccccc2)nc1-c1ccccc1. The number of nitriles is 3. The maximum Gasteiger partial charge on any atom is 0.326 e. The summed E-state index contributed by atoms with van der Waals surface area (Å²) in [5.41, 5.74) is 5.16. The van der Waals surface area contributed by atoms with Gasteiger partial charge in [-0.15, -0.1) is 0 Å². The lowest BCUT2D eigenvalue weighted by Gasteiger charge is -2.29. The highest BCUT2D eigenvalue weighted by atomic mass is 15.5. The quantitative estimate of drug-likeness (QED) is 0.299. The molecule has 0 aliphatic heterocycles. The first-order chi connectivity index (χ1) is 19.7. The zero-order valence-corrected chi connectivity index (χ0v) is 21.1. The Balaban J connectivity index is 1.62. The molecule has 0 unspecified atom stereocenters. The van der Waals surface area contributed by atoms with Gasteiger partial charge in [0.2, 0.25) is 0 Å². The van der Waals surface area contributed by atoms with Gasteiger partial charge in [0.05, 0.1) is 22.9 Å². The molecule has 10 heteroatoms. The van der Waals surface area contributed by atoms with E-state index < -0.39 is 7.12 Å². The summed E-state index contributed by atoms with van der Waals surface area (Å²) in [6.07, 6.45) is 4.85. The van der Waals surface area contributed by atoms with E-state index in [-0.39, 0.29) is 0 Å². The van der Waals surface area contributed by atoms with Crippen LogP contribution in [-0.2, 0) is 0 Å². The van der Waals surface area contributed by atoms with Crippen molar-refractivity contribution in [3.63, 3.8) is 0 Å². The van der Waals surface area contributed by atoms with Crippen molar-refractivity contribution in [1.29, 1.82) is 15.8 Å². The lowest BCUT2D eigenvalue weighted by atomic mass is 9.92. The largest absolute Gasteiger partial charge is 0.401 e. The molecule has 0 N–H and O–H groups in total. The van der Waals surface area contributed by atoms with E-state index >= 15 is 0 Å². The zero-order valence-electron chi connectivity index (χ0n) is 21.1. The van der Waals surface area contributed by atoms with Crippen LogP contribution < -0.4 is 0 Å². The third-order valence-corrected chi connectivity index (χ3v) is 6.71. The Morgan fingerprint density at radius 3 is 1.40 bits per heavy atom. The fraction of sp³-hybridized carbons (Fsp3) is 0. The molecule has 0 saturated heterocycles. The summed E-state index contributed by atoms with van der Waals surface area (Å²) in [6.45, 7) is 0.